The predicted molar refractivity (Wildman–Crippen MR) is 99.3 cm³/mol. The van der Waals surface area contributed by atoms with Crippen molar-refractivity contribution < 1.29 is 4.79 Å². The number of nitrogens with one attached hydrogen (secondary N) is 2. The number of rotatable bonds is 5. The van der Waals surface area contributed by atoms with Crippen LogP contribution in [0.25, 0.3) is 21.5 Å². The SMILES string of the molecule is O=C(Cc1scnc1-c1cccs1)NCc1cccc2[nH]ccc12. The third-order valence-corrected chi connectivity index (χ3v) is 5.59. The third kappa shape index (κ3) is 2.98. The van der Waals surface area contributed by atoms with E-state index in [4.69, 9.17) is 0 Å². The summed E-state index contributed by atoms with van der Waals surface area (Å²) < 4.78 is 0. The lowest BCUT2D eigenvalue weighted by Gasteiger charge is -2.06. The smallest absolute Gasteiger partial charge is 0.225 e. The molecule has 0 aliphatic heterocycles. The van der Waals surface area contributed by atoms with E-state index in [9.17, 15) is 4.79 Å². The maximum atomic E-state index is 12.3. The van der Waals surface area contributed by atoms with Crippen LogP contribution in [0.3, 0.4) is 0 Å². The molecule has 4 aromatic rings. The minimum absolute atomic E-state index is 0.0181. The van der Waals surface area contributed by atoms with E-state index < -0.39 is 0 Å². The summed E-state index contributed by atoms with van der Waals surface area (Å²) in [6.07, 6.45) is 2.28. The van der Waals surface area contributed by atoms with Gasteiger partial charge in [0.05, 0.1) is 22.5 Å². The van der Waals surface area contributed by atoms with Crippen molar-refractivity contribution in [3.63, 3.8) is 0 Å². The Kier molecular flexibility index (Phi) is 4.15. The van der Waals surface area contributed by atoms with Gasteiger partial charge in [-0.2, -0.15) is 0 Å². The van der Waals surface area contributed by atoms with Gasteiger partial charge in [0.25, 0.3) is 0 Å². The summed E-state index contributed by atoms with van der Waals surface area (Å²) in [5.74, 6) is 0.0181. The molecule has 0 aliphatic rings. The number of fused-ring (bicyclic) bond motifs is 1. The van der Waals surface area contributed by atoms with Gasteiger partial charge in [0, 0.05) is 28.5 Å². The van der Waals surface area contributed by atoms with Gasteiger partial charge < -0.3 is 10.3 Å². The number of aromatic nitrogens is 2. The van der Waals surface area contributed by atoms with Crippen LogP contribution in [-0.4, -0.2) is 15.9 Å². The fourth-order valence-electron chi connectivity index (χ4n) is 2.72. The van der Waals surface area contributed by atoms with Crippen LogP contribution in [0, 0.1) is 0 Å². The van der Waals surface area contributed by atoms with Gasteiger partial charge in [-0.1, -0.05) is 18.2 Å². The van der Waals surface area contributed by atoms with Gasteiger partial charge in [-0.25, -0.2) is 4.98 Å². The average molecular weight is 353 g/mol. The lowest BCUT2D eigenvalue weighted by molar-refractivity contribution is -0.120. The summed E-state index contributed by atoms with van der Waals surface area (Å²) in [6.45, 7) is 0.529. The monoisotopic (exact) mass is 353 g/mol. The number of H-pyrrole nitrogens is 1. The molecule has 0 bridgehead atoms. The Labute approximate surface area is 147 Å². The average Bonchev–Trinajstić information content (AvgIpc) is 3.32. The summed E-state index contributed by atoms with van der Waals surface area (Å²) in [5, 5.41) is 6.19. The Morgan fingerprint density at radius 1 is 1.17 bits per heavy atom. The first kappa shape index (κ1) is 15.1. The van der Waals surface area contributed by atoms with Crippen LogP contribution in [-0.2, 0) is 17.8 Å². The van der Waals surface area contributed by atoms with Gasteiger partial charge in [-0.15, -0.1) is 22.7 Å². The molecule has 0 aliphatic carbocycles. The number of benzene rings is 1. The molecule has 0 radical (unpaired) electrons. The maximum absolute atomic E-state index is 12.3. The fourth-order valence-corrected chi connectivity index (χ4v) is 4.30. The van der Waals surface area contributed by atoms with E-state index in [0.717, 1.165) is 31.9 Å². The Bertz CT molecular complexity index is 969. The van der Waals surface area contributed by atoms with E-state index in [2.05, 4.69) is 15.3 Å². The largest absolute Gasteiger partial charge is 0.361 e. The second-order valence-corrected chi connectivity index (χ2v) is 7.30. The second kappa shape index (κ2) is 6.59. The van der Waals surface area contributed by atoms with Crippen molar-refractivity contribution in [2.75, 3.05) is 0 Å². The van der Waals surface area contributed by atoms with Gasteiger partial charge in [0.2, 0.25) is 5.91 Å². The molecule has 1 amide bonds. The molecule has 0 saturated heterocycles. The number of thiophene rings is 1. The number of nitrogens with zero attached hydrogens (tertiary/aromatic N) is 1. The van der Waals surface area contributed by atoms with Crippen LogP contribution in [0.15, 0.2) is 53.5 Å². The zero-order valence-electron chi connectivity index (χ0n) is 12.8. The number of carbonyl (C=O) groups excluding carboxylic acids is 1. The molecular formula is C18H15N3OS2. The molecule has 0 spiro atoms. The molecule has 4 rings (SSSR count). The second-order valence-electron chi connectivity index (χ2n) is 5.41. The fraction of sp³-hybridized carbons (Fsp3) is 0.111. The molecule has 3 heterocycles. The first-order valence-corrected chi connectivity index (χ1v) is 9.35. The van der Waals surface area contributed by atoms with Crippen molar-refractivity contribution in [1.82, 2.24) is 15.3 Å². The molecule has 3 aromatic heterocycles. The summed E-state index contributed by atoms with van der Waals surface area (Å²) in [4.78, 5) is 22.1. The highest BCUT2D eigenvalue weighted by Gasteiger charge is 2.13. The standard InChI is InChI=1S/C18H15N3OS2/c22-17(9-16-18(21-11-24-16)15-5-2-8-23-15)20-10-12-3-1-4-14-13(12)6-7-19-14/h1-8,11,19H,9-10H2,(H,20,22). The molecule has 0 fully saturated rings. The van der Waals surface area contributed by atoms with Crippen LogP contribution >= 0.6 is 22.7 Å². The highest BCUT2D eigenvalue weighted by atomic mass is 32.1. The third-order valence-electron chi connectivity index (χ3n) is 3.88. The number of amides is 1. The lowest BCUT2D eigenvalue weighted by Crippen LogP contribution is -2.24. The number of thiazole rings is 1. The van der Waals surface area contributed by atoms with E-state index in [1.807, 2.05) is 48.0 Å². The zero-order chi connectivity index (χ0) is 16.4. The number of hydrogen-bond acceptors (Lipinski definition) is 4. The van der Waals surface area contributed by atoms with E-state index in [0.29, 0.717) is 13.0 Å². The van der Waals surface area contributed by atoms with Crippen molar-refractivity contribution in [3.05, 3.63) is 63.9 Å². The minimum atomic E-state index is 0.0181. The van der Waals surface area contributed by atoms with Crippen molar-refractivity contribution in [2.45, 2.75) is 13.0 Å². The van der Waals surface area contributed by atoms with E-state index in [1.165, 1.54) is 11.3 Å². The summed E-state index contributed by atoms with van der Waals surface area (Å²) in [6, 6.07) is 12.1. The van der Waals surface area contributed by atoms with Crippen molar-refractivity contribution in [1.29, 1.82) is 0 Å². The van der Waals surface area contributed by atoms with Crippen LogP contribution < -0.4 is 5.32 Å². The number of hydrogen-bond donors (Lipinski definition) is 2. The molecule has 120 valence electrons. The number of carbonyl (C=O) groups is 1. The van der Waals surface area contributed by atoms with Gasteiger partial charge in [-0.05, 0) is 29.1 Å². The van der Waals surface area contributed by atoms with Crippen molar-refractivity contribution in [2.24, 2.45) is 0 Å². The minimum Gasteiger partial charge on any atom is -0.361 e. The Morgan fingerprint density at radius 3 is 3.00 bits per heavy atom. The highest BCUT2D eigenvalue weighted by molar-refractivity contribution is 7.14. The molecule has 0 atom stereocenters. The van der Waals surface area contributed by atoms with E-state index >= 15 is 0 Å². The Balaban J connectivity index is 1.45. The summed E-state index contributed by atoms with van der Waals surface area (Å²) in [7, 11) is 0. The summed E-state index contributed by atoms with van der Waals surface area (Å²) >= 11 is 3.17. The van der Waals surface area contributed by atoms with Crippen molar-refractivity contribution >= 4 is 39.5 Å². The molecule has 6 heteroatoms. The predicted octanol–water partition coefficient (Wildman–Crippen LogP) is 4.21. The summed E-state index contributed by atoms with van der Waals surface area (Å²) in [5.41, 5.74) is 4.94. The highest BCUT2D eigenvalue weighted by Crippen LogP contribution is 2.29. The Hall–Kier alpha value is -2.44. The van der Waals surface area contributed by atoms with Crippen LogP contribution in [0.1, 0.15) is 10.4 Å². The Morgan fingerprint density at radius 2 is 2.12 bits per heavy atom. The first-order chi connectivity index (χ1) is 11.8. The molecular weight excluding hydrogens is 338 g/mol. The van der Waals surface area contributed by atoms with Gasteiger partial charge in [-0.3, -0.25) is 4.79 Å². The zero-order valence-corrected chi connectivity index (χ0v) is 14.4. The molecule has 1 aromatic carbocycles. The molecule has 0 unspecified atom stereocenters. The molecule has 4 nitrogen and oxygen atoms in total. The van der Waals surface area contributed by atoms with Crippen LogP contribution in [0.2, 0.25) is 0 Å². The molecule has 2 N–H and O–H groups in total. The van der Waals surface area contributed by atoms with Gasteiger partial charge in [0.1, 0.15) is 0 Å². The quantitative estimate of drug-likeness (QED) is 0.565. The van der Waals surface area contributed by atoms with Crippen LogP contribution in [0.5, 0.6) is 0 Å². The molecule has 0 saturated carbocycles. The van der Waals surface area contributed by atoms with Crippen molar-refractivity contribution in [3.8, 4) is 10.6 Å². The van der Waals surface area contributed by atoms with E-state index in [1.54, 1.807) is 16.8 Å². The molecule has 24 heavy (non-hydrogen) atoms. The lowest BCUT2D eigenvalue weighted by atomic mass is 10.1. The topological polar surface area (TPSA) is 57.8 Å². The van der Waals surface area contributed by atoms with Crippen LogP contribution in [0.4, 0.5) is 0 Å². The first-order valence-electron chi connectivity index (χ1n) is 7.59. The normalized spacial score (nSPS) is 11.0. The van der Waals surface area contributed by atoms with E-state index in [-0.39, 0.29) is 5.91 Å². The maximum Gasteiger partial charge on any atom is 0.225 e. The van der Waals surface area contributed by atoms with Gasteiger partial charge in [0.15, 0.2) is 0 Å². The number of aromatic amines is 1. The van der Waals surface area contributed by atoms with Gasteiger partial charge >= 0.3 is 0 Å².